The van der Waals surface area contributed by atoms with Crippen molar-refractivity contribution in [2.24, 2.45) is 0 Å². The van der Waals surface area contributed by atoms with Gasteiger partial charge in [-0.25, -0.2) is 0 Å². The molecule has 1 saturated heterocycles. The van der Waals surface area contributed by atoms with Crippen molar-refractivity contribution in [1.82, 2.24) is 5.32 Å². The molecule has 2 aliphatic rings. The third-order valence-corrected chi connectivity index (χ3v) is 4.12. The highest BCUT2D eigenvalue weighted by atomic mass is 32.2. The van der Waals surface area contributed by atoms with E-state index in [4.69, 9.17) is 4.74 Å². The van der Waals surface area contributed by atoms with Crippen LogP contribution in [-0.4, -0.2) is 30.4 Å². The van der Waals surface area contributed by atoms with Gasteiger partial charge in [-0.05, 0) is 18.7 Å². The van der Waals surface area contributed by atoms with Crippen molar-refractivity contribution in [2.45, 2.75) is 30.2 Å². The summed E-state index contributed by atoms with van der Waals surface area (Å²) in [5.41, 5.74) is 0. The first-order chi connectivity index (χ1) is 5.35. The largest absolute Gasteiger partial charge is 0.381 e. The molecule has 0 bridgehead atoms. The Morgan fingerprint density at radius 1 is 1.55 bits per heavy atom. The van der Waals surface area contributed by atoms with Gasteiger partial charge >= 0.3 is 0 Å². The van der Waals surface area contributed by atoms with Crippen molar-refractivity contribution in [1.29, 1.82) is 0 Å². The topological polar surface area (TPSA) is 21.3 Å². The standard InChI is InChI=1S/C8H15NOS/c1-10-7-5-8(6-7)9-3-2-4-11-8/h7,9H,2-6H2,1H3. The summed E-state index contributed by atoms with van der Waals surface area (Å²) in [7, 11) is 1.81. The van der Waals surface area contributed by atoms with E-state index in [1.165, 1.54) is 31.6 Å². The second-order valence-corrected chi connectivity index (χ2v) is 4.87. The van der Waals surface area contributed by atoms with Crippen molar-refractivity contribution in [2.75, 3.05) is 19.4 Å². The molecule has 3 heteroatoms. The van der Waals surface area contributed by atoms with Gasteiger partial charge in [0, 0.05) is 20.0 Å². The third-order valence-electron chi connectivity index (χ3n) is 2.59. The van der Waals surface area contributed by atoms with E-state index in [0.717, 1.165) is 0 Å². The van der Waals surface area contributed by atoms with E-state index in [9.17, 15) is 0 Å². The van der Waals surface area contributed by atoms with Gasteiger partial charge in [-0.1, -0.05) is 0 Å². The molecule has 1 aliphatic heterocycles. The summed E-state index contributed by atoms with van der Waals surface area (Å²) in [4.78, 5) is 0.416. The van der Waals surface area contributed by atoms with Gasteiger partial charge in [0.25, 0.3) is 0 Å². The number of hydrogen-bond acceptors (Lipinski definition) is 3. The summed E-state index contributed by atoms with van der Waals surface area (Å²) in [5, 5.41) is 3.58. The molecule has 64 valence electrons. The van der Waals surface area contributed by atoms with E-state index >= 15 is 0 Å². The fourth-order valence-corrected chi connectivity index (χ4v) is 3.30. The molecule has 0 aromatic rings. The van der Waals surface area contributed by atoms with Crippen LogP contribution in [0.15, 0.2) is 0 Å². The van der Waals surface area contributed by atoms with Gasteiger partial charge in [-0.15, -0.1) is 11.8 Å². The zero-order valence-electron chi connectivity index (χ0n) is 6.93. The van der Waals surface area contributed by atoms with Crippen molar-refractivity contribution >= 4 is 11.8 Å². The number of nitrogens with one attached hydrogen (secondary N) is 1. The predicted octanol–water partition coefficient (Wildman–Crippen LogP) is 1.22. The molecular formula is C8H15NOS. The lowest BCUT2D eigenvalue weighted by atomic mass is 9.88. The average molecular weight is 173 g/mol. The molecule has 1 spiro atoms. The lowest BCUT2D eigenvalue weighted by molar-refractivity contribution is 0.00456. The number of thioether (sulfide) groups is 1. The Morgan fingerprint density at radius 2 is 2.36 bits per heavy atom. The van der Waals surface area contributed by atoms with Crippen LogP contribution in [0, 0.1) is 0 Å². The van der Waals surface area contributed by atoms with E-state index in [2.05, 4.69) is 17.1 Å². The summed E-state index contributed by atoms with van der Waals surface area (Å²) in [6, 6.07) is 0. The monoisotopic (exact) mass is 173 g/mol. The Labute approximate surface area is 72.1 Å². The lowest BCUT2D eigenvalue weighted by Gasteiger charge is -2.49. The third kappa shape index (κ3) is 1.42. The first-order valence-corrected chi connectivity index (χ1v) is 5.25. The zero-order valence-corrected chi connectivity index (χ0v) is 7.75. The molecule has 2 nitrogen and oxygen atoms in total. The Hall–Kier alpha value is 0.270. The van der Waals surface area contributed by atoms with E-state index < -0.39 is 0 Å². The molecule has 1 heterocycles. The van der Waals surface area contributed by atoms with Crippen molar-refractivity contribution < 1.29 is 4.74 Å². The molecule has 0 aromatic heterocycles. The van der Waals surface area contributed by atoms with Crippen molar-refractivity contribution in [3.63, 3.8) is 0 Å². The van der Waals surface area contributed by atoms with Crippen LogP contribution in [0.3, 0.4) is 0 Å². The SMILES string of the molecule is COC1CC2(C1)NCCCS2. The molecule has 1 saturated carbocycles. The highest BCUT2D eigenvalue weighted by molar-refractivity contribution is 8.00. The molecule has 0 unspecified atom stereocenters. The van der Waals surface area contributed by atoms with Crippen LogP contribution in [0.5, 0.6) is 0 Å². The van der Waals surface area contributed by atoms with Crippen LogP contribution < -0.4 is 5.32 Å². The van der Waals surface area contributed by atoms with Crippen LogP contribution in [0.2, 0.25) is 0 Å². The van der Waals surface area contributed by atoms with Gasteiger partial charge in [0.1, 0.15) is 0 Å². The van der Waals surface area contributed by atoms with Crippen molar-refractivity contribution in [3.8, 4) is 0 Å². The second-order valence-electron chi connectivity index (χ2n) is 3.39. The first kappa shape index (κ1) is 7.90. The highest BCUT2D eigenvalue weighted by Crippen LogP contribution is 2.44. The van der Waals surface area contributed by atoms with Gasteiger partial charge < -0.3 is 10.1 Å². The highest BCUT2D eigenvalue weighted by Gasteiger charge is 2.45. The van der Waals surface area contributed by atoms with Gasteiger partial charge in [-0.3, -0.25) is 0 Å². The average Bonchev–Trinajstić information content (AvgIpc) is 2.01. The maximum Gasteiger partial charge on any atom is 0.0694 e. The molecule has 2 rings (SSSR count). The molecular weight excluding hydrogens is 158 g/mol. The Bertz CT molecular complexity index is 137. The van der Waals surface area contributed by atoms with Crippen LogP contribution in [-0.2, 0) is 4.74 Å². The quantitative estimate of drug-likeness (QED) is 0.644. The van der Waals surface area contributed by atoms with E-state index in [-0.39, 0.29) is 0 Å². The van der Waals surface area contributed by atoms with Gasteiger partial charge in [0.15, 0.2) is 0 Å². The minimum Gasteiger partial charge on any atom is -0.381 e. The number of hydrogen-bond donors (Lipinski definition) is 1. The Kier molecular flexibility index (Phi) is 2.12. The maximum atomic E-state index is 5.26. The zero-order chi connectivity index (χ0) is 7.73. The summed E-state index contributed by atoms with van der Waals surface area (Å²) in [5.74, 6) is 1.32. The predicted molar refractivity (Wildman–Crippen MR) is 47.8 cm³/mol. The minimum absolute atomic E-state index is 0.416. The number of ether oxygens (including phenoxy) is 1. The summed E-state index contributed by atoms with van der Waals surface area (Å²) in [6.45, 7) is 1.20. The fourth-order valence-electron chi connectivity index (χ4n) is 1.81. The van der Waals surface area contributed by atoms with Crippen LogP contribution in [0.25, 0.3) is 0 Å². The number of rotatable bonds is 1. The Balaban J connectivity index is 1.84. The summed E-state index contributed by atoms with van der Waals surface area (Å²) >= 11 is 2.08. The second kappa shape index (κ2) is 2.96. The van der Waals surface area contributed by atoms with Crippen LogP contribution in [0.4, 0.5) is 0 Å². The van der Waals surface area contributed by atoms with Crippen LogP contribution >= 0.6 is 11.8 Å². The summed E-state index contributed by atoms with van der Waals surface area (Å²) < 4.78 is 5.26. The first-order valence-electron chi connectivity index (χ1n) is 4.26. The normalized spacial score (nSPS) is 43.9. The van der Waals surface area contributed by atoms with Gasteiger partial charge in [0.2, 0.25) is 0 Å². The van der Waals surface area contributed by atoms with Crippen molar-refractivity contribution in [3.05, 3.63) is 0 Å². The molecule has 1 N–H and O–H groups in total. The van der Waals surface area contributed by atoms with E-state index in [0.29, 0.717) is 11.0 Å². The van der Waals surface area contributed by atoms with Gasteiger partial charge in [0.05, 0.1) is 11.0 Å². The molecule has 0 radical (unpaired) electrons. The molecule has 0 amide bonds. The van der Waals surface area contributed by atoms with Crippen LogP contribution in [0.1, 0.15) is 19.3 Å². The molecule has 11 heavy (non-hydrogen) atoms. The fraction of sp³-hybridized carbons (Fsp3) is 1.00. The maximum absolute atomic E-state index is 5.26. The molecule has 0 atom stereocenters. The van der Waals surface area contributed by atoms with E-state index in [1.54, 1.807) is 0 Å². The number of methoxy groups -OCH3 is 1. The summed E-state index contributed by atoms with van der Waals surface area (Å²) in [6.07, 6.45) is 4.25. The molecule has 0 aromatic carbocycles. The lowest BCUT2D eigenvalue weighted by Crippen LogP contribution is -2.57. The smallest absolute Gasteiger partial charge is 0.0694 e. The molecule has 1 aliphatic carbocycles. The molecule has 2 fully saturated rings. The van der Waals surface area contributed by atoms with Gasteiger partial charge in [-0.2, -0.15) is 0 Å². The minimum atomic E-state index is 0.416. The van der Waals surface area contributed by atoms with E-state index in [1.807, 2.05) is 7.11 Å². The Morgan fingerprint density at radius 3 is 2.91 bits per heavy atom.